The summed E-state index contributed by atoms with van der Waals surface area (Å²) in [4.78, 5) is 19.3. The summed E-state index contributed by atoms with van der Waals surface area (Å²) in [5, 5.41) is 0. The van der Waals surface area contributed by atoms with E-state index in [1.165, 1.54) is 11.1 Å². The Bertz CT molecular complexity index is 620. The summed E-state index contributed by atoms with van der Waals surface area (Å²) in [6.45, 7) is 2.11. The number of aromatic amines is 1. The highest BCUT2D eigenvalue weighted by molar-refractivity contribution is 5.35. The molecule has 0 unspecified atom stereocenters. The molecule has 0 amide bonds. The highest BCUT2D eigenvalue weighted by atomic mass is 16.1. The topological polar surface area (TPSA) is 45.8 Å². The van der Waals surface area contributed by atoms with Crippen LogP contribution in [0.4, 0.5) is 0 Å². The molecule has 1 aromatic heterocycles. The van der Waals surface area contributed by atoms with E-state index in [2.05, 4.69) is 41.2 Å². The first-order chi connectivity index (χ1) is 9.26. The van der Waals surface area contributed by atoms with E-state index in [-0.39, 0.29) is 5.56 Å². The molecule has 3 rings (SSSR count). The van der Waals surface area contributed by atoms with Gasteiger partial charge in [0.1, 0.15) is 5.82 Å². The largest absolute Gasteiger partial charge is 0.310 e. The van der Waals surface area contributed by atoms with Crippen LogP contribution >= 0.6 is 0 Å². The van der Waals surface area contributed by atoms with Gasteiger partial charge in [-0.2, -0.15) is 0 Å². The number of aryl methyl sites for hydroxylation is 1. The lowest BCUT2D eigenvalue weighted by Gasteiger charge is -2.09. The Kier molecular flexibility index (Phi) is 3.20. The van der Waals surface area contributed by atoms with E-state index in [0.717, 1.165) is 37.2 Å². The highest BCUT2D eigenvalue weighted by Crippen LogP contribution is 2.31. The Morgan fingerprint density at radius 1 is 1.26 bits per heavy atom. The van der Waals surface area contributed by atoms with Gasteiger partial charge in [0.2, 0.25) is 0 Å². The van der Waals surface area contributed by atoms with Crippen molar-refractivity contribution in [1.29, 1.82) is 0 Å². The van der Waals surface area contributed by atoms with Gasteiger partial charge in [-0.25, -0.2) is 4.98 Å². The molecule has 1 aromatic carbocycles. The van der Waals surface area contributed by atoms with Gasteiger partial charge in [0.25, 0.3) is 5.56 Å². The van der Waals surface area contributed by atoms with Gasteiger partial charge in [-0.05, 0) is 30.4 Å². The fourth-order valence-corrected chi connectivity index (χ4v) is 2.86. The summed E-state index contributed by atoms with van der Waals surface area (Å²) in [5.41, 5.74) is 3.66. The Morgan fingerprint density at radius 2 is 1.95 bits per heavy atom. The second-order valence-corrected chi connectivity index (χ2v) is 5.25. The monoisotopic (exact) mass is 254 g/mol. The number of nitrogens with zero attached hydrogens (tertiary/aromatic N) is 1. The molecule has 0 bridgehead atoms. The Labute approximate surface area is 112 Å². The minimum atomic E-state index is -0.0237. The molecule has 0 saturated heterocycles. The first kappa shape index (κ1) is 12.2. The zero-order valence-corrected chi connectivity index (χ0v) is 11.1. The van der Waals surface area contributed by atoms with Gasteiger partial charge in [0.05, 0.1) is 0 Å². The predicted octanol–water partition coefficient (Wildman–Crippen LogP) is 2.60. The third kappa shape index (κ3) is 2.46. The van der Waals surface area contributed by atoms with E-state index < -0.39 is 0 Å². The van der Waals surface area contributed by atoms with Crippen molar-refractivity contribution >= 4 is 0 Å². The van der Waals surface area contributed by atoms with Gasteiger partial charge >= 0.3 is 0 Å². The molecule has 0 radical (unpaired) electrons. The van der Waals surface area contributed by atoms with Crippen LogP contribution in [-0.4, -0.2) is 9.97 Å². The van der Waals surface area contributed by atoms with Crippen LogP contribution < -0.4 is 5.56 Å². The molecule has 0 saturated carbocycles. The van der Waals surface area contributed by atoms with E-state index >= 15 is 0 Å². The Hall–Kier alpha value is -1.90. The van der Waals surface area contributed by atoms with Gasteiger partial charge in [0, 0.05) is 17.7 Å². The molecule has 1 N–H and O–H groups in total. The number of hydrogen-bond donors (Lipinski definition) is 1. The molecule has 0 spiro atoms. The maximum absolute atomic E-state index is 11.7. The van der Waals surface area contributed by atoms with Crippen LogP contribution in [0.2, 0.25) is 0 Å². The van der Waals surface area contributed by atoms with E-state index in [1.54, 1.807) is 6.07 Å². The van der Waals surface area contributed by atoms with Crippen LogP contribution in [0.5, 0.6) is 0 Å². The lowest BCUT2D eigenvalue weighted by atomic mass is 10.1. The maximum atomic E-state index is 11.7. The van der Waals surface area contributed by atoms with Crippen molar-refractivity contribution in [3.63, 3.8) is 0 Å². The molecule has 1 heterocycles. The van der Waals surface area contributed by atoms with Crippen LogP contribution in [-0.2, 0) is 19.3 Å². The Morgan fingerprint density at radius 3 is 2.58 bits per heavy atom. The van der Waals surface area contributed by atoms with Crippen molar-refractivity contribution < 1.29 is 0 Å². The molecule has 0 atom stereocenters. The molecule has 19 heavy (non-hydrogen) atoms. The summed E-state index contributed by atoms with van der Waals surface area (Å²) in [5.74, 6) is 1.18. The zero-order valence-electron chi connectivity index (χ0n) is 11.1. The van der Waals surface area contributed by atoms with E-state index in [1.807, 2.05) is 0 Å². The molecule has 98 valence electrons. The van der Waals surface area contributed by atoms with E-state index in [4.69, 9.17) is 0 Å². The van der Waals surface area contributed by atoms with Crippen LogP contribution in [0.15, 0.2) is 35.1 Å². The van der Waals surface area contributed by atoms with Gasteiger partial charge in [-0.3, -0.25) is 4.79 Å². The highest BCUT2D eigenvalue weighted by Gasteiger charge is 2.24. The van der Waals surface area contributed by atoms with Crippen LogP contribution in [0.3, 0.4) is 0 Å². The minimum absolute atomic E-state index is 0.0237. The third-order valence-corrected chi connectivity index (χ3v) is 3.76. The number of H-pyrrole nitrogens is 1. The first-order valence-electron chi connectivity index (χ1n) is 6.93. The van der Waals surface area contributed by atoms with Crippen LogP contribution in [0, 0.1) is 0 Å². The van der Waals surface area contributed by atoms with Crippen molar-refractivity contribution in [3.05, 3.63) is 63.3 Å². The van der Waals surface area contributed by atoms with Crippen molar-refractivity contribution in [2.45, 2.75) is 38.5 Å². The summed E-state index contributed by atoms with van der Waals surface area (Å²) in [7, 11) is 0. The van der Waals surface area contributed by atoms with E-state index in [0.29, 0.717) is 5.92 Å². The number of hydrogen-bond acceptors (Lipinski definition) is 2. The molecule has 2 aromatic rings. The van der Waals surface area contributed by atoms with Crippen LogP contribution in [0.25, 0.3) is 0 Å². The van der Waals surface area contributed by atoms with Crippen LogP contribution in [0.1, 0.15) is 41.9 Å². The molecule has 1 aliphatic carbocycles. The normalized spacial score (nSPS) is 14.6. The lowest BCUT2D eigenvalue weighted by Crippen LogP contribution is -2.16. The quantitative estimate of drug-likeness (QED) is 0.915. The molecule has 3 heteroatoms. The second kappa shape index (κ2) is 5.00. The standard InChI is InChI=1S/C16H18N2O/c1-2-5-14-10-15(19)18-16(17-14)13-8-11-6-3-4-7-12(11)9-13/h3-4,6-7,10,13H,2,5,8-9H2,1H3,(H,17,18,19). The number of nitrogens with one attached hydrogen (secondary N) is 1. The molecular weight excluding hydrogens is 236 g/mol. The minimum Gasteiger partial charge on any atom is -0.310 e. The molecule has 0 fully saturated rings. The van der Waals surface area contributed by atoms with Crippen molar-refractivity contribution in [2.75, 3.05) is 0 Å². The number of aromatic nitrogens is 2. The van der Waals surface area contributed by atoms with E-state index in [9.17, 15) is 4.79 Å². The van der Waals surface area contributed by atoms with Gasteiger partial charge in [-0.15, -0.1) is 0 Å². The summed E-state index contributed by atoms with van der Waals surface area (Å²) >= 11 is 0. The fourth-order valence-electron chi connectivity index (χ4n) is 2.86. The van der Waals surface area contributed by atoms with Crippen molar-refractivity contribution in [2.24, 2.45) is 0 Å². The number of benzene rings is 1. The third-order valence-electron chi connectivity index (χ3n) is 3.76. The summed E-state index contributed by atoms with van der Waals surface area (Å²) in [6, 6.07) is 10.1. The SMILES string of the molecule is CCCc1cc(=O)[nH]c(C2Cc3ccccc3C2)n1. The van der Waals surface area contributed by atoms with Gasteiger partial charge < -0.3 is 4.98 Å². The molecule has 3 nitrogen and oxygen atoms in total. The number of fused-ring (bicyclic) bond motifs is 1. The Balaban J connectivity index is 1.90. The molecule has 1 aliphatic rings. The summed E-state index contributed by atoms with van der Waals surface area (Å²) in [6.07, 6.45) is 3.85. The van der Waals surface area contributed by atoms with Gasteiger partial charge in [-0.1, -0.05) is 37.6 Å². The first-order valence-corrected chi connectivity index (χ1v) is 6.93. The average Bonchev–Trinajstić information content (AvgIpc) is 2.82. The lowest BCUT2D eigenvalue weighted by molar-refractivity contribution is 0.666. The zero-order chi connectivity index (χ0) is 13.2. The van der Waals surface area contributed by atoms with Gasteiger partial charge in [0.15, 0.2) is 0 Å². The average molecular weight is 254 g/mol. The summed E-state index contributed by atoms with van der Waals surface area (Å²) < 4.78 is 0. The van der Waals surface area contributed by atoms with Crippen molar-refractivity contribution in [1.82, 2.24) is 9.97 Å². The molecule has 0 aliphatic heterocycles. The molecular formula is C16H18N2O. The number of rotatable bonds is 3. The second-order valence-electron chi connectivity index (χ2n) is 5.25. The predicted molar refractivity (Wildman–Crippen MR) is 75.4 cm³/mol. The smallest absolute Gasteiger partial charge is 0.251 e. The maximum Gasteiger partial charge on any atom is 0.251 e. The van der Waals surface area contributed by atoms with Crippen molar-refractivity contribution in [3.8, 4) is 0 Å². The fraction of sp³-hybridized carbons (Fsp3) is 0.375.